The van der Waals surface area contributed by atoms with Crippen LogP contribution in [0.2, 0.25) is 0 Å². The van der Waals surface area contributed by atoms with Crippen LogP contribution in [0.3, 0.4) is 0 Å². The Labute approximate surface area is 109 Å². The van der Waals surface area contributed by atoms with Crippen LogP contribution in [0.5, 0.6) is 0 Å². The molecule has 0 radical (unpaired) electrons. The third-order valence-corrected chi connectivity index (χ3v) is 3.10. The molecule has 0 bridgehead atoms. The molecule has 1 aromatic rings. The van der Waals surface area contributed by atoms with Crippen LogP contribution in [0.1, 0.15) is 68.8 Å². The maximum absolute atomic E-state index is 10.6. The molecule has 18 heavy (non-hydrogen) atoms. The molecule has 0 spiro atoms. The fourth-order valence-corrected chi connectivity index (χ4v) is 2.01. The molecular weight excluding hydrogens is 228 g/mol. The number of carboxylic acids is 1. The van der Waals surface area contributed by atoms with Crippen LogP contribution in [-0.2, 0) is 6.54 Å². The van der Waals surface area contributed by atoms with Crippen LogP contribution in [0, 0.1) is 0 Å². The van der Waals surface area contributed by atoms with Gasteiger partial charge in [0, 0.05) is 12.7 Å². The summed E-state index contributed by atoms with van der Waals surface area (Å²) in [4.78, 5) is 10.6. The second-order valence-electron chi connectivity index (χ2n) is 4.74. The van der Waals surface area contributed by atoms with Gasteiger partial charge in [0.15, 0.2) is 5.69 Å². The zero-order chi connectivity index (χ0) is 13.2. The van der Waals surface area contributed by atoms with E-state index in [9.17, 15) is 4.79 Å². The summed E-state index contributed by atoms with van der Waals surface area (Å²) in [6, 6.07) is 1.55. The smallest absolute Gasteiger partial charge is 0.356 e. The quantitative estimate of drug-likeness (QED) is 0.646. The number of nitrogens with zero attached hydrogens (tertiary/aromatic N) is 2. The SMILES string of the molecule is CCCCCCCCCCn1ccc(C(=O)O)n1. The first-order valence-corrected chi connectivity index (χ1v) is 7.00. The third-order valence-electron chi connectivity index (χ3n) is 3.10. The second-order valence-corrected chi connectivity index (χ2v) is 4.74. The van der Waals surface area contributed by atoms with E-state index < -0.39 is 5.97 Å². The van der Waals surface area contributed by atoms with Crippen molar-refractivity contribution in [1.82, 2.24) is 9.78 Å². The molecule has 102 valence electrons. The molecular formula is C14H24N2O2. The second kappa shape index (κ2) is 8.72. The molecule has 0 aliphatic heterocycles. The van der Waals surface area contributed by atoms with Crippen molar-refractivity contribution in [3.05, 3.63) is 18.0 Å². The van der Waals surface area contributed by atoms with Crippen LogP contribution in [-0.4, -0.2) is 20.9 Å². The summed E-state index contributed by atoms with van der Waals surface area (Å²) in [5.74, 6) is -0.954. The Bertz CT molecular complexity index is 347. The monoisotopic (exact) mass is 252 g/mol. The van der Waals surface area contributed by atoms with Gasteiger partial charge in [-0.25, -0.2) is 4.79 Å². The number of aryl methyl sites for hydroxylation is 1. The molecule has 0 aliphatic carbocycles. The largest absolute Gasteiger partial charge is 0.476 e. The normalized spacial score (nSPS) is 10.7. The first-order chi connectivity index (χ1) is 8.74. The standard InChI is InChI=1S/C14H24N2O2/c1-2-3-4-5-6-7-8-9-11-16-12-10-13(15-16)14(17)18/h10,12H,2-9,11H2,1H3,(H,17,18). The number of aromatic carboxylic acids is 1. The van der Waals surface area contributed by atoms with Gasteiger partial charge in [-0.2, -0.15) is 5.10 Å². The number of rotatable bonds is 10. The Morgan fingerprint density at radius 1 is 1.17 bits per heavy atom. The Balaban J connectivity index is 2.02. The van der Waals surface area contributed by atoms with Crippen LogP contribution in [0.15, 0.2) is 12.3 Å². The van der Waals surface area contributed by atoms with Gasteiger partial charge in [-0.3, -0.25) is 4.68 Å². The lowest BCUT2D eigenvalue weighted by molar-refractivity contribution is 0.0689. The highest BCUT2D eigenvalue weighted by molar-refractivity contribution is 5.84. The number of carboxylic acid groups (broad SMARTS) is 1. The fraction of sp³-hybridized carbons (Fsp3) is 0.714. The lowest BCUT2D eigenvalue weighted by atomic mass is 10.1. The van der Waals surface area contributed by atoms with Crippen LogP contribution >= 0.6 is 0 Å². The maximum Gasteiger partial charge on any atom is 0.356 e. The maximum atomic E-state index is 10.6. The van der Waals surface area contributed by atoms with Gasteiger partial charge in [0.25, 0.3) is 0 Å². The van der Waals surface area contributed by atoms with E-state index in [1.807, 2.05) is 0 Å². The first-order valence-electron chi connectivity index (χ1n) is 7.00. The lowest BCUT2D eigenvalue weighted by Gasteiger charge is -2.02. The molecule has 1 N–H and O–H groups in total. The topological polar surface area (TPSA) is 55.1 Å². The predicted octanol–water partition coefficient (Wildman–Crippen LogP) is 3.72. The van der Waals surface area contributed by atoms with Crippen LogP contribution in [0.25, 0.3) is 0 Å². The van der Waals surface area contributed by atoms with E-state index in [-0.39, 0.29) is 5.69 Å². The summed E-state index contributed by atoms with van der Waals surface area (Å²) in [5.41, 5.74) is 0.134. The Morgan fingerprint density at radius 3 is 2.33 bits per heavy atom. The van der Waals surface area contributed by atoms with Gasteiger partial charge >= 0.3 is 5.97 Å². The highest BCUT2D eigenvalue weighted by atomic mass is 16.4. The van der Waals surface area contributed by atoms with Crippen LogP contribution in [0.4, 0.5) is 0 Å². The van der Waals surface area contributed by atoms with E-state index in [1.165, 1.54) is 44.9 Å². The highest BCUT2D eigenvalue weighted by Gasteiger charge is 2.05. The van der Waals surface area contributed by atoms with Gasteiger partial charge < -0.3 is 5.11 Å². The van der Waals surface area contributed by atoms with E-state index in [2.05, 4.69) is 12.0 Å². The molecule has 1 rings (SSSR count). The number of unbranched alkanes of at least 4 members (excludes halogenated alkanes) is 7. The number of hydrogen-bond donors (Lipinski definition) is 1. The number of carbonyl (C=O) groups is 1. The average molecular weight is 252 g/mol. The first kappa shape index (κ1) is 14.7. The number of hydrogen-bond acceptors (Lipinski definition) is 2. The molecule has 1 heterocycles. The minimum Gasteiger partial charge on any atom is -0.476 e. The van der Waals surface area contributed by atoms with Crippen molar-refractivity contribution in [3.8, 4) is 0 Å². The zero-order valence-corrected chi connectivity index (χ0v) is 11.3. The van der Waals surface area contributed by atoms with Crippen LogP contribution < -0.4 is 0 Å². The summed E-state index contributed by atoms with van der Waals surface area (Å²) in [6.45, 7) is 3.05. The van der Waals surface area contributed by atoms with E-state index in [1.54, 1.807) is 16.9 Å². The van der Waals surface area contributed by atoms with Crippen molar-refractivity contribution < 1.29 is 9.90 Å². The summed E-state index contributed by atoms with van der Waals surface area (Å²) in [7, 11) is 0. The van der Waals surface area contributed by atoms with Crippen molar-refractivity contribution >= 4 is 5.97 Å². The summed E-state index contributed by atoms with van der Waals surface area (Å²) >= 11 is 0. The molecule has 0 saturated heterocycles. The zero-order valence-electron chi connectivity index (χ0n) is 11.3. The summed E-state index contributed by atoms with van der Waals surface area (Å²) < 4.78 is 1.72. The lowest BCUT2D eigenvalue weighted by Crippen LogP contribution is -2.02. The average Bonchev–Trinajstić information content (AvgIpc) is 2.81. The Hall–Kier alpha value is -1.32. The van der Waals surface area contributed by atoms with Gasteiger partial charge in [-0.15, -0.1) is 0 Å². The molecule has 0 fully saturated rings. The van der Waals surface area contributed by atoms with Gasteiger partial charge in [-0.05, 0) is 12.5 Å². The molecule has 0 unspecified atom stereocenters. The molecule has 4 heteroatoms. The highest BCUT2D eigenvalue weighted by Crippen LogP contribution is 2.09. The molecule has 0 aromatic carbocycles. The number of aromatic nitrogens is 2. The third kappa shape index (κ3) is 5.84. The fourth-order valence-electron chi connectivity index (χ4n) is 2.01. The molecule has 0 saturated carbocycles. The molecule has 0 atom stereocenters. The molecule has 0 amide bonds. The Kier molecular flexibility index (Phi) is 7.14. The Morgan fingerprint density at radius 2 is 1.78 bits per heavy atom. The van der Waals surface area contributed by atoms with Crippen molar-refractivity contribution in [2.75, 3.05) is 0 Å². The van der Waals surface area contributed by atoms with Crippen molar-refractivity contribution in [3.63, 3.8) is 0 Å². The summed E-state index contributed by atoms with van der Waals surface area (Å²) in [6.07, 6.45) is 12.0. The van der Waals surface area contributed by atoms with Crippen molar-refractivity contribution in [1.29, 1.82) is 0 Å². The van der Waals surface area contributed by atoms with E-state index in [0.717, 1.165) is 13.0 Å². The van der Waals surface area contributed by atoms with Crippen molar-refractivity contribution in [2.24, 2.45) is 0 Å². The van der Waals surface area contributed by atoms with E-state index in [0.29, 0.717) is 0 Å². The molecule has 0 aliphatic rings. The molecule has 1 aromatic heterocycles. The predicted molar refractivity (Wildman–Crippen MR) is 71.8 cm³/mol. The van der Waals surface area contributed by atoms with E-state index in [4.69, 9.17) is 5.11 Å². The van der Waals surface area contributed by atoms with E-state index >= 15 is 0 Å². The van der Waals surface area contributed by atoms with Gasteiger partial charge in [0.05, 0.1) is 0 Å². The minimum absolute atomic E-state index is 0.134. The summed E-state index contributed by atoms with van der Waals surface area (Å²) in [5, 5.41) is 12.7. The minimum atomic E-state index is -0.954. The molecule has 4 nitrogen and oxygen atoms in total. The van der Waals surface area contributed by atoms with Gasteiger partial charge in [-0.1, -0.05) is 51.9 Å². The van der Waals surface area contributed by atoms with Gasteiger partial charge in [0.2, 0.25) is 0 Å². The van der Waals surface area contributed by atoms with Gasteiger partial charge in [0.1, 0.15) is 0 Å². The van der Waals surface area contributed by atoms with Crippen molar-refractivity contribution in [2.45, 2.75) is 64.8 Å².